The molecular formula is C24H27ClN4O4S. The molecule has 1 saturated heterocycles. The van der Waals surface area contributed by atoms with E-state index in [4.69, 9.17) is 16.1 Å². The van der Waals surface area contributed by atoms with Crippen molar-refractivity contribution in [3.05, 3.63) is 64.5 Å². The van der Waals surface area contributed by atoms with Gasteiger partial charge in [0.1, 0.15) is 0 Å². The summed E-state index contributed by atoms with van der Waals surface area (Å²) in [6.45, 7) is 4.65. The highest BCUT2D eigenvalue weighted by Gasteiger charge is 2.33. The minimum absolute atomic E-state index is 0.0611. The van der Waals surface area contributed by atoms with Crippen LogP contribution in [0.5, 0.6) is 0 Å². The van der Waals surface area contributed by atoms with Gasteiger partial charge in [-0.3, -0.25) is 4.79 Å². The number of piperidine rings is 1. The van der Waals surface area contributed by atoms with E-state index in [2.05, 4.69) is 15.5 Å². The maximum absolute atomic E-state index is 13.4. The molecule has 4 rings (SSSR count). The van der Waals surface area contributed by atoms with E-state index < -0.39 is 10.0 Å². The summed E-state index contributed by atoms with van der Waals surface area (Å²) in [4.78, 5) is 17.1. The zero-order valence-electron chi connectivity index (χ0n) is 19.1. The third-order valence-electron chi connectivity index (χ3n) is 6.04. The molecule has 0 radical (unpaired) electrons. The highest BCUT2D eigenvalue weighted by molar-refractivity contribution is 7.89. The lowest BCUT2D eigenvalue weighted by molar-refractivity contribution is -0.126. The van der Waals surface area contributed by atoms with Crippen LogP contribution in [0.3, 0.4) is 0 Å². The Morgan fingerprint density at radius 2 is 1.88 bits per heavy atom. The molecule has 34 heavy (non-hydrogen) atoms. The third kappa shape index (κ3) is 5.32. The number of hydrogen-bond acceptors (Lipinski definition) is 6. The van der Waals surface area contributed by atoms with Gasteiger partial charge >= 0.3 is 0 Å². The predicted octanol–water partition coefficient (Wildman–Crippen LogP) is 3.98. The summed E-state index contributed by atoms with van der Waals surface area (Å²) >= 11 is 5.90. The number of nitrogens with zero attached hydrogens (tertiary/aromatic N) is 3. The van der Waals surface area contributed by atoms with Gasteiger partial charge in [0, 0.05) is 42.6 Å². The maximum atomic E-state index is 13.4. The largest absolute Gasteiger partial charge is 0.352 e. The fourth-order valence-corrected chi connectivity index (χ4v) is 5.81. The van der Waals surface area contributed by atoms with Crippen molar-refractivity contribution < 1.29 is 17.7 Å². The van der Waals surface area contributed by atoms with Crippen LogP contribution in [-0.4, -0.2) is 41.9 Å². The van der Waals surface area contributed by atoms with E-state index >= 15 is 0 Å². The Kier molecular flexibility index (Phi) is 7.35. The topological polar surface area (TPSA) is 105 Å². The Labute approximate surface area is 204 Å². The fraction of sp³-hybridized carbons (Fsp3) is 0.375. The first-order valence-electron chi connectivity index (χ1n) is 11.2. The molecule has 0 aliphatic carbocycles. The lowest BCUT2D eigenvalue weighted by Crippen LogP contribution is -2.43. The van der Waals surface area contributed by atoms with Gasteiger partial charge in [-0.2, -0.15) is 9.29 Å². The van der Waals surface area contributed by atoms with E-state index in [1.54, 1.807) is 37.3 Å². The Morgan fingerprint density at radius 3 is 2.53 bits per heavy atom. The second-order valence-corrected chi connectivity index (χ2v) is 10.7. The molecule has 10 heteroatoms. The standard InChI is InChI=1S/C24H27ClN4O4S/c1-3-22-27-23(28-33-22)19-7-4-16(2)21(14-19)34(31,32)29-12-10-18(11-13-29)24(30)26-15-17-5-8-20(25)9-6-17/h4-9,14,18H,3,10-13,15H2,1-2H3,(H,26,30). The predicted molar refractivity (Wildman–Crippen MR) is 129 cm³/mol. The SMILES string of the molecule is CCc1nc(-c2ccc(C)c(S(=O)(=O)N3CCC(C(=O)NCc4ccc(Cl)cc4)CC3)c2)no1. The van der Waals surface area contributed by atoms with Crippen molar-refractivity contribution in [3.63, 3.8) is 0 Å². The number of aromatic nitrogens is 2. The number of benzene rings is 2. The molecule has 8 nitrogen and oxygen atoms in total. The zero-order valence-corrected chi connectivity index (χ0v) is 20.7. The molecule has 2 heterocycles. The van der Waals surface area contributed by atoms with E-state index in [-0.39, 0.29) is 29.8 Å². The van der Waals surface area contributed by atoms with Gasteiger partial charge in [-0.05, 0) is 49.1 Å². The molecule has 1 aromatic heterocycles. The quantitative estimate of drug-likeness (QED) is 0.524. The molecule has 1 fully saturated rings. The highest BCUT2D eigenvalue weighted by Crippen LogP contribution is 2.29. The first kappa shape index (κ1) is 24.4. The summed E-state index contributed by atoms with van der Waals surface area (Å²) in [6, 6.07) is 12.4. The Balaban J connectivity index is 1.41. The number of aryl methyl sites for hydroxylation is 2. The van der Waals surface area contributed by atoms with E-state index in [0.29, 0.717) is 53.7 Å². The molecule has 0 spiro atoms. The average Bonchev–Trinajstić information content (AvgIpc) is 3.33. The molecule has 1 N–H and O–H groups in total. The molecule has 1 aliphatic rings. The van der Waals surface area contributed by atoms with Gasteiger partial charge in [0.25, 0.3) is 0 Å². The summed E-state index contributed by atoms with van der Waals surface area (Å²) in [7, 11) is -3.73. The van der Waals surface area contributed by atoms with Crippen LogP contribution in [0.15, 0.2) is 51.9 Å². The van der Waals surface area contributed by atoms with Crippen LogP contribution < -0.4 is 5.32 Å². The van der Waals surface area contributed by atoms with Gasteiger partial charge in [0.2, 0.25) is 27.6 Å². The molecule has 0 unspecified atom stereocenters. The Hall–Kier alpha value is -2.75. The summed E-state index contributed by atoms with van der Waals surface area (Å²) in [5, 5.41) is 7.54. The van der Waals surface area contributed by atoms with Crippen molar-refractivity contribution in [3.8, 4) is 11.4 Å². The number of carbonyl (C=O) groups excluding carboxylic acids is 1. The number of sulfonamides is 1. The number of carbonyl (C=O) groups is 1. The van der Waals surface area contributed by atoms with Crippen LogP contribution in [0.25, 0.3) is 11.4 Å². The lowest BCUT2D eigenvalue weighted by atomic mass is 9.97. The minimum atomic E-state index is -3.73. The summed E-state index contributed by atoms with van der Waals surface area (Å²) < 4.78 is 33.5. The highest BCUT2D eigenvalue weighted by atomic mass is 35.5. The molecule has 0 atom stereocenters. The van der Waals surface area contributed by atoms with Gasteiger partial charge in [0.15, 0.2) is 0 Å². The lowest BCUT2D eigenvalue weighted by Gasteiger charge is -2.31. The van der Waals surface area contributed by atoms with Crippen LogP contribution in [0.1, 0.15) is 36.8 Å². The van der Waals surface area contributed by atoms with Gasteiger partial charge in [0.05, 0.1) is 4.90 Å². The fourth-order valence-electron chi connectivity index (χ4n) is 3.97. The summed E-state index contributed by atoms with van der Waals surface area (Å²) in [6.07, 6.45) is 1.54. The van der Waals surface area contributed by atoms with Gasteiger partial charge in [-0.1, -0.05) is 47.9 Å². The van der Waals surface area contributed by atoms with E-state index in [0.717, 1.165) is 5.56 Å². The Morgan fingerprint density at radius 1 is 1.18 bits per heavy atom. The summed E-state index contributed by atoms with van der Waals surface area (Å²) in [5.41, 5.74) is 2.19. The van der Waals surface area contributed by atoms with Gasteiger partial charge < -0.3 is 9.84 Å². The van der Waals surface area contributed by atoms with Crippen molar-refractivity contribution in [2.24, 2.45) is 5.92 Å². The number of rotatable bonds is 7. The van der Waals surface area contributed by atoms with E-state index in [9.17, 15) is 13.2 Å². The Bertz CT molecular complexity index is 1270. The molecule has 1 aliphatic heterocycles. The van der Waals surface area contributed by atoms with Gasteiger partial charge in [-0.15, -0.1) is 0 Å². The van der Waals surface area contributed by atoms with Crippen molar-refractivity contribution in [2.45, 2.75) is 44.6 Å². The second-order valence-electron chi connectivity index (χ2n) is 8.37. The third-order valence-corrected chi connectivity index (χ3v) is 8.33. The molecule has 3 aromatic rings. The van der Waals surface area contributed by atoms with Gasteiger partial charge in [-0.25, -0.2) is 8.42 Å². The molecule has 2 aromatic carbocycles. The van der Waals surface area contributed by atoms with Crippen LogP contribution in [0.2, 0.25) is 5.02 Å². The van der Waals surface area contributed by atoms with Crippen molar-refractivity contribution in [1.29, 1.82) is 0 Å². The normalized spacial score (nSPS) is 15.4. The van der Waals surface area contributed by atoms with Crippen molar-refractivity contribution >= 4 is 27.5 Å². The minimum Gasteiger partial charge on any atom is -0.352 e. The average molecular weight is 503 g/mol. The monoisotopic (exact) mass is 502 g/mol. The molecule has 180 valence electrons. The van der Waals surface area contributed by atoms with Crippen LogP contribution >= 0.6 is 11.6 Å². The number of hydrogen-bond donors (Lipinski definition) is 1. The maximum Gasteiger partial charge on any atom is 0.243 e. The van der Waals surface area contributed by atoms with Crippen LogP contribution in [-0.2, 0) is 27.8 Å². The molecule has 1 amide bonds. The first-order valence-corrected chi connectivity index (χ1v) is 13.1. The zero-order chi connectivity index (χ0) is 24.3. The molecular weight excluding hydrogens is 476 g/mol. The number of amides is 1. The number of nitrogens with one attached hydrogen (secondary N) is 1. The van der Waals surface area contributed by atoms with Crippen molar-refractivity contribution in [1.82, 2.24) is 19.8 Å². The second kappa shape index (κ2) is 10.2. The van der Waals surface area contributed by atoms with Crippen LogP contribution in [0.4, 0.5) is 0 Å². The van der Waals surface area contributed by atoms with E-state index in [1.807, 2.05) is 19.1 Å². The van der Waals surface area contributed by atoms with E-state index in [1.165, 1.54) is 4.31 Å². The first-order chi connectivity index (χ1) is 16.3. The molecule has 0 bridgehead atoms. The van der Waals surface area contributed by atoms with Crippen molar-refractivity contribution in [2.75, 3.05) is 13.1 Å². The molecule has 0 saturated carbocycles. The summed E-state index contributed by atoms with van der Waals surface area (Å²) in [5.74, 6) is 0.577. The number of halogens is 1. The van der Waals surface area contributed by atoms with Crippen LogP contribution in [0, 0.1) is 12.8 Å². The smallest absolute Gasteiger partial charge is 0.243 e.